The summed E-state index contributed by atoms with van der Waals surface area (Å²) in [6.07, 6.45) is 1.64. The summed E-state index contributed by atoms with van der Waals surface area (Å²) in [6.45, 7) is 0. The van der Waals surface area contributed by atoms with E-state index in [1.54, 1.807) is 23.2 Å². The summed E-state index contributed by atoms with van der Waals surface area (Å²) in [7, 11) is 1.51. The molecule has 2 N–H and O–H groups in total. The van der Waals surface area contributed by atoms with Crippen molar-refractivity contribution in [2.45, 2.75) is 6.04 Å². The maximum atomic E-state index is 11.3. The molecule has 1 unspecified atom stereocenters. The number of carboxylic acids is 1. The molecule has 0 aliphatic carbocycles. The zero-order valence-electron chi connectivity index (χ0n) is 11.8. The van der Waals surface area contributed by atoms with Crippen LogP contribution in [0, 0.1) is 0 Å². The molecule has 0 radical (unpaired) electrons. The summed E-state index contributed by atoms with van der Waals surface area (Å²) in [5.41, 5.74) is 4.49. The van der Waals surface area contributed by atoms with Gasteiger partial charge in [0.2, 0.25) is 5.88 Å². The summed E-state index contributed by atoms with van der Waals surface area (Å²) >= 11 is 0. The van der Waals surface area contributed by atoms with Crippen molar-refractivity contribution in [3.05, 3.63) is 54.1 Å². The Labute approximate surface area is 126 Å². The highest BCUT2D eigenvalue weighted by Crippen LogP contribution is 2.28. The number of aromatic nitrogens is 2. The summed E-state index contributed by atoms with van der Waals surface area (Å²) < 4.78 is 4.98. The van der Waals surface area contributed by atoms with Crippen LogP contribution in [0.2, 0.25) is 0 Å². The van der Waals surface area contributed by atoms with Crippen molar-refractivity contribution < 1.29 is 14.6 Å². The van der Waals surface area contributed by atoms with Crippen molar-refractivity contribution in [3.63, 3.8) is 0 Å². The van der Waals surface area contributed by atoms with Crippen molar-refractivity contribution in [3.8, 4) is 5.88 Å². The van der Waals surface area contributed by atoms with Gasteiger partial charge in [-0.2, -0.15) is 0 Å². The topological polar surface area (TPSA) is 87.6 Å². The van der Waals surface area contributed by atoms with Crippen LogP contribution >= 0.6 is 0 Å². The molecule has 2 aromatic rings. The molecule has 1 aliphatic rings. The quantitative estimate of drug-likeness (QED) is 0.879. The number of aliphatic carboxylic acids is 1. The van der Waals surface area contributed by atoms with Gasteiger partial charge in [-0.05, 0) is 17.7 Å². The molecule has 112 valence electrons. The fourth-order valence-corrected chi connectivity index (χ4v) is 2.17. The highest BCUT2D eigenvalue weighted by atomic mass is 16.5. The number of anilines is 1. The predicted octanol–water partition coefficient (Wildman–Crippen LogP) is 1.30. The lowest BCUT2D eigenvalue weighted by Crippen LogP contribution is -2.41. The Morgan fingerprint density at radius 1 is 1.23 bits per heavy atom. The van der Waals surface area contributed by atoms with Crippen LogP contribution in [0.4, 0.5) is 5.82 Å². The second kappa shape index (κ2) is 5.82. The molecule has 0 bridgehead atoms. The van der Waals surface area contributed by atoms with Gasteiger partial charge in [0.25, 0.3) is 0 Å². The van der Waals surface area contributed by atoms with E-state index in [9.17, 15) is 9.90 Å². The smallest absolute Gasteiger partial charge is 0.326 e. The molecule has 1 aromatic heterocycles. The maximum absolute atomic E-state index is 11.3. The van der Waals surface area contributed by atoms with E-state index < -0.39 is 12.0 Å². The van der Waals surface area contributed by atoms with Crippen LogP contribution in [0.5, 0.6) is 5.88 Å². The lowest BCUT2D eigenvalue weighted by Gasteiger charge is -2.21. The first kappa shape index (κ1) is 14.0. The minimum absolute atomic E-state index is 0.392. The summed E-state index contributed by atoms with van der Waals surface area (Å²) in [5, 5.41) is 18.8. The van der Waals surface area contributed by atoms with Crippen LogP contribution in [-0.2, 0) is 4.79 Å². The van der Waals surface area contributed by atoms with E-state index in [0.29, 0.717) is 17.4 Å². The second-order valence-corrected chi connectivity index (χ2v) is 4.63. The molecule has 0 amide bonds. The molecule has 0 fully saturated rings. The average molecular weight is 298 g/mol. The Balaban J connectivity index is 1.98. The number of hydrazine groups is 1. The van der Waals surface area contributed by atoms with Gasteiger partial charge in [0.15, 0.2) is 5.82 Å². The second-order valence-electron chi connectivity index (χ2n) is 4.63. The molecule has 22 heavy (non-hydrogen) atoms. The van der Waals surface area contributed by atoms with E-state index in [1.807, 2.05) is 30.3 Å². The van der Waals surface area contributed by atoms with Gasteiger partial charge in [0, 0.05) is 6.07 Å². The lowest BCUT2D eigenvalue weighted by molar-refractivity contribution is -0.137. The van der Waals surface area contributed by atoms with Crippen LogP contribution in [0.3, 0.4) is 0 Å². The van der Waals surface area contributed by atoms with E-state index in [2.05, 4.69) is 15.6 Å². The van der Waals surface area contributed by atoms with Crippen LogP contribution in [0.25, 0.3) is 5.70 Å². The molecule has 1 aromatic carbocycles. The van der Waals surface area contributed by atoms with Gasteiger partial charge in [0.05, 0.1) is 12.8 Å². The largest absolute Gasteiger partial charge is 0.480 e. The third-order valence-electron chi connectivity index (χ3n) is 3.23. The van der Waals surface area contributed by atoms with Crippen molar-refractivity contribution in [2.75, 3.05) is 12.1 Å². The molecule has 0 spiro atoms. The van der Waals surface area contributed by atoms with Crippen LogP contribution in [0.1, 0.15) is 5.56 Å². The van der Waals surface area contributed by atoms with Crippen LogP contribution in [-0.4, -0.2) is 34.4 Å². The zero-order chi connectivity index (χ0) is 15.5. The van der Waals surface area contributed by atoms with E-state index in [0.717, 1.165) is 5.56 Å². The molecule has 2 heterocycles. The maximum Gasteiger partial charge on any atom is 0.326 e. The first-order chi connectivity index (χ1) is 10.7. The fraction of sp³-hybridized carbons (Fsp3) is 0.133. The van der Waals surface area contributed by atoms with Crippen molar-refractivity contribution >= 4 is 17.5 Å². The van der Waals surface area contributed by atoms with E-state index in [1.165, 1.54) is 7.11 Å². The van der Waals surface area contributed by atoms with Gasteiger partial charge in [-0.1, -0.05) is 30.3 Å². The fourth-order valence-electron chi connectivity index (χ4n) is 2.17. The minimum atomic E-state index is -0.961. The van der Waals surface area contributed by atoms with E-state index in [4.69, 9.17) is 4.74 Å². The first-order valence-electron chi connectivity index (χ1n) is 6.63. The number of methoxy groups -OCH3 is 1. The van der Waals surface area contributed by atoms with Gasteiger partial charge < -0.3 is 9.84 Å². The molecule has 1 atom stereocenters. The number of nitrogens with zero attached hydrogens (tertiary/aromatic N) is 3. The van der Waals surface area contributed by atoms with Crippen molar-refractivity contribution in [2.24, 2.45) is 0 Å². The van der Waals surface area contributed by atoms with Crippen molar-refractivity contribution in [1.29, 1.82) is 0 Å². The number of carboxylic acid groups (broad SMARTS) is 1. The first-order valence-corrected chi connectivity index (χ1v) is 6.63. The monoisotopic (exact) mass is 298 g/mol. The number of hydrogen-bond acceptors (Lipinski definition) is 6. The molecule has 0 saturated carbocycles. The van der Waals surface area contributed by atoms with E-state index in [-0.39, 0.29) is 0 Å². The lowest BCUT2D eigenvalue weighted by atomic mass is 10.1. The molecule has 1 aliphatic heterocycles. The molecule has 7 nitrogen and oxygen atoms in total. The normalized spacial score (nSPS) is 17.2. The van der Waals surface area contributed by atoms with Gasteiger partial charge in [-0.3, -0.25) is 9.80 Å². The third kappa shape index (κ3) is 2.61. The molecular weight excluding hydrogens is 284 g/mol. The number of rotatable bonds is 4. The number of ether oxygens (including phenoxy) is 1. The Kier molecular flexibility index (Phi) is 3.71. The molecular formula is C15H14N4O3. The highest BCUT2D eigenvalue weighted by Gasteiger charge is 2.30. The van der Waals surface area contributed by atoms with Crippen molar-refractivity contribution in [1.82, 2.24) is 15.6 Å². The van der Waals surface area contributed by atoms with Crippen LogP contribution < -0.4 is 15.2 Å². The zero-order valence-corrected chi connectivity index (χ0v) is 11.8. The Morgan fingerprint density at radius 2 is 2.00 bits per heavy atom. The Morgan fingerprint density at radius 3 is 2.59 bits per heavy atom. The number of nitrogens with one attached hydrogen (secondary N) is 1. The molecule has 7 heteroatoms. The van der Waals surface area contributed by atoms with Crippen LogP contribution in [0.15, 0.2) is 48.5 Å². The predicted molar refractivity (Wildman–Crippen MR) is 80.0 cm³/mol. The molecule has 3 rings (SSSR count). The van der Waals surface area contributed by atoms with Gasteiger partial charge >= 0.3 is 5.97 Å². The number of carbonyl (C=O) groups is 1. The SMILES string of the molecule is COc1ccc(N2NC(C(=O)O)C=C2c2ccccc2)nn1. The van der Waals surface area contributed by atoms with Gasteiger partial charge in [-0.15, -0.1) is 10.2 Å². The van der Waals surface area contributed by atoms with E-state index >= 15 is 0 Å². The third-order valence-corrected chi connectivity index (χ3v) is 3.23. The number of benzene rings is 1. The summed E-state index contributed by atoms with van der Waals surface area (Å²) in [6, 6.07) is 12.0. The minimum Gasteiger partial charge on any atom is -0.480 e. The van der Waals surface area contributed by atoms with Gasteiger partial charge in [0.1, 0.15) is 6.04 Å². The summed E-state index contributed by atoms with van der Waals surface area (Å²) in [5.74, 6) is -0.0833. The van der Waals surface area contributed by atoms with Gasteiger partial charge in [-0.25, -0.2) is 5.43 Å². The summed E-state index contributed by atoms with van der Waals surface area (Å²) in [4.78, 5) is 11.3. The standard InChI is InChI=1S/C15H14N4O3/c1-22-14-8-7-13(16-17-14)19-12(9-11(18-19)15(20)21)10-5-3-2-4-6-10/h2-9,11,18H,1H3,(H,20,21). The Hall–Kier alpha value is -2.93. The number of hydrogen-bond donors (Lipinski definition) is 2. The Bertz CT molecular complexity index is 700. The molecule has 0 saturated heterocycles. The highest BCUT2D eigenvalue weighted by molar-refractivity contribution is 5.88. The average Bonchev–Trinajstić information content (AvgIpc) is 3.01.